The quantitative estimate of drug-likeness (QED) is 0.915. The molecule has 0 bridgehead atoms. The second kappa shape index (κ2) is 6.25. The molecule has 0 saturated carbocycles. The van der Waals surface area contributed by atoms with Crippen LogP contribution in [0.5, 0.6) is 0 Å². The Kier molecular flexibility index (Phi) is 4.91. The van der Waals surface area contributed by atoms with Crippen LogP contribution in [-0.2, 0) is 11.2 Å². The van der Waals surface area contributed by atoms with E-state index in [9.17, 15) is 0 Å². The smallest absolute Gasteiger partial charge is 0.0624 e. The molecule has 1 aromatic rings. The van der Waals surface area contributed by atoms with Crippen LogP contribution in [-0.4, -0.2) is 25.8 Å². The largest absolute Gasteiger partial charge is 0.378 e. The summed E-state index contributed by atoms with van der Waals surface area (Å²) in [6.45, 7) is 2.99. The lowest BCUT2D eigenvalue weighted by Gasteiger charge is -2.26. The van der Waals surface area contributed by atoms with Gasteiger partial charge < -0.3 is 10.1 Å². The number of rotatable bonds is 4. The monoisotopic (exact) mass is 287 g/mol. The van der Waals surface area contributed by atoms with Gasteiger partial charge in [-0.15, -0.1) is 0 Å². The van der Waals surface area contributed by atoms with E-state index in [1.807, 2.05) is 25.2 Å². The molecular weight excluding hydrogens is 269 g/mol. The predicted molar refractivity (Wildman–Crippen MR) is 76.5 cm³/mol. The maximum absolute atomic E-state index is 6.25. The van der Waals surface area contributed by atoms with Crippen LogP contribution >= 0.6 is 23.2 Å². The van der Waals surface area contributed by atoms with Gasteiger partial charge in [0.1, 0.15) is 0 Å². The normalized spacial score (nSPS) is 25.3. The van der Waals surface area contributed by atoms with E-state index < -0.39 is 0 Å². The molecular formula is C14H19Cl2NO. The third-order valence-corrected chi connectivity index (χ3v) is 4.65. The van der Waals surface area contributed by atoms with Gasteiger partial charge in [0.2, 0.25) is 0 Å². The Morgan fingerprint density at radius 2 is 2.22 bits per heavy atom. The SMILES string of the molecule is CNC(Cc1cccc(Cl)c1Cl)C1CCOC1C. The minimum absolute atomic E-state index is 0.306. The summed E-state index contributed by atoms with van der Waals surface area (Å²) in [7, 11) is 1.99. The molecule has 0 aliphatic carbocycles. The Hall–Kier alpha value is -0.280. The summed E-state index contributed by atoms with van der Waals surface area (Å²) in [5.74, 6) is 0.532. The van der Waals surface area contributed by atoms with Crippen LogP contribution in [0.1, 0.15) is 18.9 Å². The van der Waals surface area contributed by atoms with Gasteiger partial charge in [-0.2, -0.15) is 0 Å². The molecule has 1 aromatic carbocycles. The van der Waals surface area contributed by atoms with Crippen LogP contribution in [0.2, 0.25) is 10.0 Å². The van der Waals surface area contributed by atoms with Gasteiger partial charge in [-0.1, -0.05) is 35.3 Å². The molecule has 1 aliphatic heterocycles. The molecule has 2 nitrogen and oxygen atoms in total. The Labute approximate surface area is 119 Å². The number of halogens is 2. The highest BCUT2D eigenvalue weighted by molar-refractivity contribution is 6.42. The summed E-state index contributed by atoms with van der Waals surface area (Å²) in [4.78, 5) is 0. The lowest BCUT2D eigenvalue weighted by Crippen LogP contribution is -2.38. The third kappa shape index (κ3) is 3.00. The van der Waals surface area contributed by atoms with Gasteiger partial charge in [0.05, 0.1) is 16.1 Å². The molecule has 1 fully saturated rings. The molecule has 4 heteroatoms. The van der Waals surface area contributed by atoms with Gasteiger partial charge in [-0.25, -0.2) is 0 Å². The van der Waals surface area contributed by atoms with Crippen molar-refractivity contribution in [3.8, 4) is 0 Å². The number of likely N-dealkylation sites (N-methyl/N-ethyl adjacent to an activating group) is 1. The molecule has 18 heavy (non-hydrogen) atoms. The summed E-state index contributed by atoms with van der Waals surface area (Å²) in [6, 6.07) is 6.19. The highest BCUT2D eigenvalue weighted by Crippen LogP contribution is 2.30. The molecule has 1 aliphatic rings. The molecule has 0 aromatic heterocycles. The fourth-order valence-corrected chi connectivity index (χ4v) is 3.08. The van der Waals surface area contributed by atoms with Crippen LogP contribution in [0.15, 0.2) is 18.2 Å². The van der Waals surface area contributed by atoms with Crippen LogP contribution in [0.4, 0.5) is 0 Å². The first-order chi connectivity index (χ1) is 8.63. The molecule has 1 N–H and O–H groups in total. The predicted octanol–water partition coefficient (Wildman–Crippen LogP) is 3.55. The Morgan fingerprint density at radius 1 is 1.44 bits per heavy atom. The van der Waals surface area contributed by atoms with Gasteiger partial charge in [0, 0.05) is 18.6 Å². The van der Waals surface area contributed by atoms with Crippen LogP contribution in [0, 0.1) is 5.92 Å². The summed E-state index contributed by atoms with van der Waals surface area (Å²) in [5.41, 5.74) is 1.10. The lowest BCUT2D eigenvalue weighted by atomic mass is 9.89. The van der Waals surface area contributed by atoms with Gasteiger partial charge in [-0.05, 0) is 38.4 Å². The molecule has 100 valence electrons. The average molecular weight is 288 g/mol. The van der Waals surface area contributed by atoms with E-state index in [1.54, 1.807) is 0 Å². The van der Waals surface area contributed by atoms with Crippen molar-refractivity contribution in [1.82, 2.24) is 5.32 Å². The van der Waals surface area contributed by atoms with Crippen molar-refractivity contribution in [1.29, 1.82) is 0 Å². The first-order valence-electron chi connectivity index (χ1n) is 6.35. The Bertz CT molecular complexity index is 411. The summed E-state index contributed by atoms with van der Waals surface area (Å²) < 4.78 is 5.64. The van der Waals surface area contributed by atoms with Crippen molar-refractivity contribution in [3.63, 3.8) is 0 Å². The van der Waals surface area contributed by atoms with Gasteiger partial charge in [0.15, 0.2) is 0 Å². The topological polar surface area (TPSA) is 21.3 Å². The van der Waals surface area contributed by atoms with Gasteiger partial charge in [0.25, 0.3) is 0 Å². The van der Waals surface area contributed by atoms with Crippen LogP contribution in [0.25, 0.3) is 0 Å². The van der Waals surface area contributed by atoms with Crippen molar-refractivity contribution in [2.24, 2.45) is 5.92 Å². The molecule has 1 heterocycles. The molecule has 2 rings (SSSR count). The maximum atomic E-state index is 6.25. The van der Waals surface area contributed by atoms with Gasteiger partial charge in [-0.3, -0.25) is 0 Å². The molecule has 3 atom stereocenters. The van der Waals surface area contributed by atoms with E-state index in [0.29, 0.717) is 28.1 Å². The molecule has 0 radical (unpaired) electrons. The zero-order valence-electron chi connectivity index (χ0n) is 10.7. The zero-order chi connectivity index (χ0) is 13.1. The summed E-state index contributed by atoms with van der Waals surface area (Å²) in [6.07, 6.45) is 2.29. The van der Waals surface area contributed by atoms with Crippen molar-refractivity contribution < 1.29 is 4.74 Å². The number of ether oxygens (including phenoxy) is 1. The Balaban J connectivity index is 2.12. The van der Waals surface area contributed by atoms with Crippen molar-refractivity contribution >= 4 is 23.2 Å². The third-order valence-electron chi connectivity index (χ3n) is 3.79. The van der Waals surface area contributed by atoms with E-state index in [0.717, 1.165) is 25.0 Å². The van der Waals surface area contributed by atoms with Crippen molar-refractivity contribution in [2.45, 2.75) is 31.9 Å². The highest BCUT2D eigenvalue weighted by atomic mass is 35.5. The standard InChI is InChI=1S/C14H19Cl2NO/c1-9-11(6-7-18-9)13(17-2)8-10-4-3-5-12(15)14(10)16/h3-5,9,11,13,17H,6-8H2,1-2H3. The zero-order valence-corrected chi connectivity index (χ0v) is 12.3. The van der Waals surface area contributed by atoms with E-state index in [4.69, 9.17) is 27.9 Å². The lowest BCUT2D eigenvalue weighted by molar-refractivity contribution is 0.0963. The van der Waals surface area contributed by atoms with Crippen molar-refractivity contribution in [2.75, 3.05) is 13.7 Å². The van der Waals surface area contributed by atoms with E-state index in [2.05, 4.69) is 12.2 Å². The second-order valence-corrected chi connectivity index (χ2v) is 5.63. The fourth-order valence-electron chi connectivity index (χ4n) is 2.69. The van der Waals surface area contributed by atoms with E-state index >= 15 is 0 Å². The molecule has 1 saturated heterocycles. The summed E-state index contributed by atoms with van der Waals surface area (Å²) >= 11 is 12.3. The van der Waals surface area contributed by atoms with Crippen LogP contribution < -0.4 is 5.32 Å². The number of hydrogen-bond donors (Lipinski definition) is 1. The minimum atomic E-state index is 0.306. The first-order valence-corrected chi connectivity index (χ1v) is 7.11. The maximum Gasteiger partial charge on any atom is 0.0624 e. The van der Waals surface area contributed by atoms with Crippen LogP contribution in [0.3, 0.4) is 0 Å². The van der Waals surface area contributed by atoms with E-state index in [-0.39, 0.29) is 0 Å². The molecule has 3 unspecified atom stereocenters. The molecule has 0 spiro atoms. The van der Waals surface area contributed by atoms with Crippen molar-refractivity contribution in [3.05, 3.63) is 33.8 Å². The van der Waals surface area contributed by atoms with E-state index in [1.165, 1.54) is 0 Å². The minimum Gasteiger partial charge on any atom is -0.378 e. The second-order valence-electron chi connectivity index (χ2n) is 4.84. The average Bonchev–Trinajstić information content (AvgIpc) is 2.77. The Morgan fingerprint density at radius 3 is 2.83 bits per heavy atom. The first kappa shape index (κ1) is 14.1. The number of nitrogens with one attached hydrogen (secondary N) is 1. The highest BCUT2D eigenvalue weighted by Gasteiger charge is 2.31. The summed E-state index contributed by atoms with van der Waals surface area (Å²) in [5, 5.41) is 4.68. The fraction of sp³-hybridized carbons (Fsp3) is 0.571. The number of benzene rings is 1. The number of hydrogen-bond acceptors (Lipinski definition) is 2. The van der Waals surface area contributed by atoms with Gasteiger partial charge >= 0.3 is 0 Å². The molecule has 0 amide bonds.